The second kappa shape index (κ2) is 8.16. The fourth-order valence-corrected chi connectivity index (χ4v) is 4.36. The predicted octanol–water partition coefficient (Wildman–Crippen LogP) is 3.26. The largest absolute Gasteiger partial charge is 0.496 e. The summed E-state index contributed by atoms with van der Waals surface area (Å²) in [5.74, 6) is 1.97. The Kier molecular flexibility index (Phi) is 5.96. The van der Waals surface area contributed by atoms with Gasteiger partial charge in [-0.25, -0.2) is 0 Å². The summed E-state index contributed by atoms with van der Waals surface area (Å²) in [6, 6.07) is 7.28. The van der Waals surface area contributed by atoms with E-state index in [9.17, 15) is 0 Å². The van der Waals surface area contributed by atoms with Crippen molar-refractivity contribution in [2.45, 2.75) is 51.5 Å². The molecule has 1 aliphatic carbocycles. The number of nitrogens with zero attached hydrogens (tertiary/aromatic N) is 1. The molecule has 3 nitrogen and oxygen atoms in total. The lowest BCUT2D eigenvalue weighted by atomic mass is 9.86. The number of rotatable bonds is 6. The number of hydrogen-bond acceptors (Lipinski definition) is 3. The lowest BCUT2D eigenvalue weighted by Gasteiger charge is -2.38. The lowest BCUT2D eigenvalue weighted by Crippen LogP contribution is -2.44. The van der Waals surface area contributed by atoms with Crippen LogP contribution in [-0.2, 0) is 12.8 Å². The van der Waals surface area contributed by atoms with Gasteiger partial charge < -0.3 is 10.1 Å². The molecule has 0 radical (unpaired) electrons. The van der Waals surface area contributed by atoms with Crippen molar-refractivity contribution >= 4 is 0 Å². The molecule has 0 bridgehead atoms. The Morgan fingerprint density at radius 1 is 1.22 bits per heavy atom. The second-order valence-corrected chi connectivity index (χ2v) is 7.18. The Morgan fingerprint density at radius 3 is 2.78 bits per heavy atom. The van der Waals surface area contributed by atoms with Gasteiger partial charge in [-0.3, -0.25) is 4.90 Å². The number of fused-ring (bicyclic) bond motifs is 1. The van der Waals surface area contributed by atoms with Gasteiger partial charge >= 0.3 is 0 Å². The summed E-state index contributed by atoms with van der Waals surface area (Å²) in [5.41, 5.74) is 2.96. The molecule has 1 N–H and O–H groups in total. The van der Waals surface area contributed by atoms with Gasteiger partial charge in [-0.15, -0.1) is 0 Å². The van der Waals surface area contributed by atoms with Gasteiger partial charge in [-0.1, -0.05) is 19.1 Å². The van der Waals surface area contributed by atoms with Gasteiger partial charge in [-0.05, 0) is 81.3 Å². The Balaban J connectivity index is 1.68. The SMILES string of the molecule is CCCN(CC1CCNCC1)C1CCc2c(cccc2OC)C1. The summed E-state index contributed by atoms with van der Waals surface area (Å²) < 4.78 is 5.56. The smallest absolute Gasteiger partial charge is 0.122 e. The molecule has 1 atom stereocenters. The van der Waals surface area contributed by atoms with Crippen LogP contribution in [-0.4, -0.2) is 44.2 Å². The van der Waals surface area contributed by atoms with E-state index in [1.54, 1.807) is 7.11 Å². The van der Waals surface area contributed by atoms with Gasteiger partial charge in [0.2, 0.25) is 0 Å². The third-order valence-corrected chi connectivity index (χ3v) is 5.61. The van der Waals surface area contributed by atoms with E-state index in [4.69, 9.17) is 4.74 Å². The molecule has 128 valence electrons. The standard InChI is InChI=1S/C20H32N2O/c1-3-13-22(15-16-9-11-21-12-10-16)18-7-8-19-17(14-18)5-4-6-20(19)23-2/h4-6,16,18,21H,3,7-15H2,1-2H3. The highest BCUT2D eigenvalue weighted by Gasteiger charge is 2.27. The van der Waals surface area contributed by atoms with Gasteiger partial charge in [0, 0.05) is 12.6 Å². The average molecular weight is 316 g/mol. The zero-order valence-electron chi connectivity index (χ0n) is 14.8. The van der Waals surface area contributed by atoms with Crippen LogP contribution in [0.25, 0.3) is 0 Å². The minimum atomic E-state index is 0.712. The first-order valence-electron chi connectivity index (χ1n) is 9.41. The predicted molar refractivity (Wildman–Crippen MR) is 96.3 cm³/mol. The zero-order chi connectivity index (χ0) is 16.1. The number of methoxy groups -OCH3 is 1. The second-order valence-electron chi connectivity index (χ2n) is 7.18. The van der Waals surface area contributed by atoms with Crippen molar-refractivity contribution in [1.82, 2.24) is 10.2 Å². The summed E-state index contributed by atoms with van der Waals surface area (Å²) >= 11 is 0. The lowest BCUT2D eigenvalue weighted by molar-refractivity contribution is 0.139. The normalized spacial score (nSPS) is 22.1. The number of ether oxygens (including phenoxy) is 1. The number of nitrogens with one attached hydrogen (secondary N) is 1. The molecule has 1 aromatic rings. The molecule has 0 amide bonds. The highest BCUT2D eigenvalue weighted by molar-refractivity contribution is 5.42. The Bertz CT molecular complexity index is 496. The molecule has 1 fully saturated rings. The maximum absolute atomic E-state index is 5.56. The maximum Gasteiger partial charge on any atom is 0.122 e. The highest BCUT2D eigenvalue weighted by Crippen LogP contribution is 2.32. The number of piperidine rings is 1. The summed E-state index contributed by atoms with van der Waals surface area (Å²) in [5, 5.41) is 3.49. The molecular weight excluding hydrogens is 284 g/mol. The first kappa shape index (κ1) is 16.8. The van der Waals surface area contributed by atoms with E-state index < -0.39 is 0 Å². The highest BCUT2D eigenvalue weighted by atomic mass is 16.5. The molecule has 2 aliphatic rings. The number of benzene rings is 1. The fraction of sp³-hybridized carbons (Fsp3) is 0.700. The first-order chi connectivity index (χ1) is 11.3. The summed E-state index contributed by atoms with van der Waals surface area (Å²) in [4.78, 5) is 2.79. The van der Waals surface area contributed by atoms with Crippen molar-refractivity contribution in [2.75, 3.05) is 33.3 Å². The van der Waals surface area contributed by atoms with Crippen molar-refractivity contribution in [3.05, 3.63) is 29.3 Å². The van der Waals surface area contributed by atoms with Crippen LogP contribution in [0.5, 0.6) is 5.75 Å². The minimum absolute atomic E-state index is 0.712. The van der Waals surface area contributed by atoms with Crippen LogP contribution in [0.4, 0.5) is 0 Å². The van der Waals surface area contributed by atoms with E-state index in [1.165, 1.54) is 69.4 Å². The first-order valence-corrected chi connectivity index (χ1v) is 9.41. The Morgan fingerprint density at radius 2 is 2.04 bits per heavy atom. The van der Waals surface area contributed by atoms with Crippen LogP contribution in [0.2, 0.25) is 0 Å². The summed E-state index contributed by atoms with van der Waals surface area (Å²) in [6.07, 6.45) is 7.58. The average Bonchev–Trinajstić information content (AvgIpc) is 2.61. The minimum Gasteiger partial charge on any atom is -0.496 e. The molecule has 3 heteroatoms. The molecule has 0 aromatic heterocycles. The Hall–Kier alpha value is -1.06. The van der Waals surface area contributed by atoms with Crippen LogP contribution >= 0.6 is 0 Å². The maximum atomic E-state index is 5.56. The number of hydrogen-bond donors (Lipinski definition) is 1. The van der Waals surface area contributed by atoms with Crippen LogP contribution < -0.4 is 10.1 Å². The quantitative estimate of drug-likeness (QED) is 0.872. The molecule has 1 aromatic carbocycles. The summed E-state index contributed by atoms with van der Waals surface area (Å²) in [6.45, 7) is 7.26. The van der Waals surface area contributed by atoms with Gasteiger partial charge in [-0.2, -0.15) is 0 Å². The molecule has 1 unspecified atom stereocenters. The topological polar surface area (TPSA) is 24.5 Å². The van der Waals surface area contributed by atoms with Crippen molar-refractivity contribution < 1.29 is 4.74 Å². The van der Waals surface area contributed by atoms with E-state index in [2.05, 4.69) is 35.3 Å². The Labute approximate surface area is 141 Å². The summed E-state index contributed by atoms with van der Waals surface area (Å²) in [7, 11) is 1.79. The molecule has 23 heavy (non-hydrogen) atoms. The fourth-order valence-electron chi connectivity index (χ4n) is 4.36. The van der Waals surface area contributed by atoms with E-state index >= 15 is 0 Å². The molecule has 0 spiro atoms. The van der Waals surface area contributed by atoms with Gasteiger partial charge in [0.05, 0.1) is 7.11 Å². The van der Waals surface area contributed by atoms with E-state index in [-0.39, 0.29) is 0 Å². The van der Waals surface area contributed by atoms with Crippen molar-refractivity contribution in [2.24, 2.45) is 5.92 Å². The van der Waals surface area contributed by atoms with Crippen LogP contribution in [0, 0.1) is 5.92 Å². The van der Waals surface area contributed by atoms with Crippen LogP contribution in [0.15, 0.2) is 18.2 Å². The molecule has 3 rings (SSSR count). The van der Waals surface area contributed by atoms with Gasteiger partial charge in [0.1, 0.15) is 5.75 Å². The van der Waals surface area contributed by atoms with Crippen molar-refractivity contribution in [3.63, 3.8) is 0 Å². The molecular formula is C20H32N2O. The molecule has 0 saturated carbocycles. The molecule has 1 aliphatic heterocycles. The van der Waals surface area contributed by atoms with E-state index in [0.29, 0.717) is 6.04 Å². The third-order valence-electron chi connectivity index (χ3n) is 5.61. The van der Waals surface area contributed by atoms with Crippen LogP contribution in [0.3, 0.4) is 0 Å². The molecule has 1 heterocycles. The van der Waals surface area contributed by atoms with Gasteiger partial charge in [0.25, 0.3) is 0 Å². The monoisotopic (exact) mass is 316 g/mol. The third kappa shape index (κ3) is 4.07. The van der Waals surface area contributed by atoms with E-state index in [0.717, 1.165) is 18.1 Å². The van der Waals surface area contributed by atoms with Crippen LogP contribution in [0.1, 0.15) is 43.7 Å². The zero-order valence-corrected chi connectivity index (χ0v) is 14.8. The molecule has 1 saturated heterocycles. The van der Waals surface area contributed by atoms with Gasteiger partial charge in [0.15, 0.2) is 0 Å². The van der Waals surface area contributed by atoms with Crippen molar-refractivity contribution in [3.8, 4) is 5.75 Å². The van der Waals surface area contributed by atoms with Crippen molar-refractivity contribution in [1.29, 1.82) is 0 Å². The van der Waals surface area contributed by atoms with E-state index in [1.807, 2.05) is 0 Å².